The average molecular weight is 415 g/mol. The minimum Gasteiger partial charge on any atom is -0.493 e. The molecule has 0 saturated heterocycles. The number of carbonyl (C=O) groups is 1. The van der Waals surface area contributed by atoms with Gasteiger partial charge in [0, 0.05) is 41.6 Å². The van der Waals surface area contributed by atoms with Crippen LogP contribution >= 0.6 is 0 Å². The maximum atomic E-state index is 9.18. The van der Waals surface area contributed by atoms with E-state index in [0.717, 1.165) is 17.9 Å². The summed E-state index contributed by atoms with van der Waals surface area (Å²) >= 11 is 0. The Morgan fingerprint density at radius 3 is 2.13 bits per heavy atom. The highest BCUT2D eigenvalue weighted by atomic mass is 16.5. The van der Waals surface area contributed by atoms with Gasteiger partial charge in [-0.15, -0.1) is 0 Å². The van der Waals surface area contributed by atoms with E-state index in [1.165, 1.54) is 16.5 Å². The van der Waals surface area contributed by atoms with E-state index >= 15 is 0 Å². The molecule has 0 fully saturated rings. The molecule has 0 bridgehead atoms. The Labute approximate surface area is 177 Å². The fraction of sp³-hybridized carbons (Fsp3) is 0.348. The summed E-state index contributed by atoms with van der Waals surface area (Å²) in [5, 5.41) is 4.68. The Bertz CT molecular complexity index is 956. The highest BCUT2D eigenvalue weighted by molar-refractivity contribution is 5.95. The second-order valence-corrected chi connectivity index (χ2v) is 6.44. The molecule has 0 aliphatic rings. The summed E-state index contributed by atoms with van der Waals surface area (Å²) in [7, 11) is 4.84. The molecule has 1 N–H and O–H groups in total. The lowest BCUT2D eigenvalue weighted by molar-refractivity contribution is -0.128. The van der Waals surface area contributed by atoms with Crippen molar-refractivity contribution in [3.8, 4) is 17.2 Å². The molecule has 0 saturated carbocycles. The largest absolute Gasteiger partial charge is 0.493 e. The van der Waals surface area contributed by atoms with Gasteiger partial charge in [0.25, 0.3) is 6.47 Å². The second kappa shape index (κ2) is 11.0. The van der Waals surface area contributed by atoms with Gasteiger partial charge in [0.1, 0.15) is 0 Å². The number of methoxy groups -OCH3 is 3. The summed E-state index contributed by atoms with van der Waals surface area (Å²) in [6.07, 6.45) is 2.12. The molecule has 0 atom stereocenters. The minimum atomic E-state index is 0.431. The van der Waals surface area contributed by atoms with Gasteiger partial charge in [0.15, 0.2) is 11.5 Å². The van der Waals surface area contributed by atoms with E-state index in [9.17, 15) is 4.79 Å². The predicted molar refractivity (Wildman–Crippen MR) is 119 cm³/mol. The van der Waals surface area contributed by atoms with Crippen molar-refractivity contribution in [2.75, 3.05) is 33.3 Å². The second-order valence-electron chi connectivity index (χ2n) is 6.44. The van der Waals surface area contributed by atoms with E-state index in [1.807, 2.05) is 12.1 Å². The van der Waals surface area contributed by atoms with E-state index in [4.69, 9.17) is 14.2 Å². The smallest absolute Gasteiger partial charge is 0.293 e. The maximum absolute atomic E-state index is 9.18. The Hall–Kier alpha value is -3.35. The zero-order chi connectivity index (χ0) is 22.1. The highest BCUT2D eigenvalue weighted by Gasteiger charge is 2.14. The third kappa shape index (κ3) is 5.17. The SMILES string of the molecule is CCOC=O.CCn1ccc2c(Nc3cc(OC)c(OC)c(OC)c3)cc(C)cc21. The molecule has 0 aliphatic heterocycles. The standard InChI is InChI=1S/C20H24N2O3.C3H6O2/c1-6-22-8-7-15-16(9-13(2)10-17(15)22)21-14-11-18(23-3)20(25-5)19(12-14)24-4;1-2-5-3-4/h7-12,21H,6H2,1-5H3;3H,2H2,1H3. The zero-order valence-electron chi connectivity index (χ0n) is 18.4. The van der Waals surface area contributed by atoms with Crippen LogP contribution in [0.25, 0.3) is 10.9 Å². The minimum absolute atomic E-state index is 0.431. The van der Waals surface area contributed by atoms with Crippen molar-refractivity contribution < 1.29 is 23.7 Å². The van der Waals surface area contributed by atoms with Crippen LogP contribution in [-0.4, -0.2) is 39.0 Å². The summed E-state index contributed by atoms with van der Waals surface area (Å²) < 4.78 is 22.7. The first-order valence-corrected chi connectivity index (χ1v) is 9.74. The van der Waals surface area contributed by atoms with Gasteiger partial charge in [-0.3, -0.25) is 4.79 Å². The fourth-order valence-corrected chi connectivity index (χ4v) is 3.19. The molecule has 1 aromatic heterocycles. The van der Waals surface area contributed by atoms with Crippen molar-refractivity contribution in [1.82, 2.24) is 4.57 Å². The number of nitrogens with zero attached hydrogens (tertiary/aromatic N) is 1. The Morgan fingerprint density at radius 1 is 1.00 bits per heavy atom. The van der Waals surface area contributed by atoms with Crippen LogP contribution < -0.4 is 19.5 Å². The van der Waals surface area contributed by atoms with Gasteiger partial charge in [0.05, 0.1) is 33.5 Å². The van der Waals surface area contributed by atoms with Gasteiger partial charge in [-0.05, 0) is 44.5 Å². The maximum Gasteiger partial charge on any atom is 0.293 e. The summed E-state index contributed by atoms with van der Waals surface area (Å²) in [5.74, 6) is 1.83. The number of benzene rings is 2. The first kappa shape index (κ1) is 22.9. The number of rotatable bonds is 8. The third-order valence-corrected chi connectivity index (χ3v) is 4.55. The van der Waals surface area contributed by atoms with Crippen LogP contribution in [0, 0.1) is 6.92 Å². The molecule has 7 heteroatoms. The summed E-state index contributed by atoms with van der Waals surface area (Å²) in [4.78, 5) is 9.18. The van der Waals surface area contributed by atoms with Crippen LogP contribution in [0.5, 0.6) is 17.2 Å². The highest BCUT2D eigenvalue weighted by Crippen LogP contribution is 2.41. The van der Waals surface area contributed by atoms with Gasteiger partial charge in [-0.2, -0.15) is 0 Å². The number of anilines is 2. The molecule has 0 unspecified atom stereocenters. The zero-order valence-corrected chi connectivity index (χ0v) is 18.4. The van der Waals surface area contributed by atoms with Crippen LogP contribution in [0.2, 0.25) is 0 Å². The summed E-state index contributed by atoms with van der Waals surface area (Å²) in [6.45, 7) is 7.86. The van der Waals surface area contributed by atoms with Crippen LogP contribution in [-0.2, 0) is 16.1 Å². The Balaban J connectivity index is 0.000000575. The van der Waals surface area contributed by atoms with Gasteiger partial charge >= 0.3 is 0 Å². The van der Waals surface area contributed by atoms with Crippen LogP contribution in [0.1, 0.15) is 19.4 Å². The number of carbonyl (C=O) groups excluding carboxylic acids is 1. The van der Waals surface area contributed by atoms with E-state index in [-0.39, 0.29) is 0 Å². The lowest BCUT2D eigenvalue weighted by atomic mass is 10.1. The molecule has 3 aromatic rings. The van der Waals surface area contributed by atoms with Gasteiger partial charge in [-0.25, -0.2) is 0 Å². The number of ether oxygens (including phenoxy) is 4. The van der Waals surface area contributed by atoms with Crippen molar-refractivity contribution in [3.63, 3.8) is 0 Å². The molecular weight excluding hydrogens is 384 g/mol. The average Bonchev–Trinajstić information content (AvgIpc) is 3.17. The third-order valence-electron chi connectivity index (χ3n) is 4.55. The lowest BCUT2D eigenvalue weighted by Gasteiger charge is -2.16. The molecule has 0 radical (unpaired) electrons. The number of hydrogen-bond donors (Lipinski definition) is 1. The number of nitrogens with one attached hydrogen (secondary N) is 1. The molecule has 1 heterocycles. The van der Waals surface area contributed by atoms with Crippen LogP contribution in [0.15, 0.2) is 36.5 Å². The molecule has 162 valence electrons. The Morgan fingerprint density at radius 2 is 1.67 bits per heavy atom. The monoisotopic (exact) mass is 414 g/mol. The van der Waals surface area contributed by atoms with Gasteiger partial charge in [0.2, 0.25) is 5.75 Å². The van der Waals surface area contributed by atoms with Crippen LogP contribution in [0.4, 0.5) is 11.4 Å². The first-order chi connectivity index (χ1) is 14.5. The van der Waals surface area contributed by atoms with E-state index < -0.39 is 0 Å². The number of fused-ring (bicyclic) bond motifs is 1. The summed E-state index contributed by atoms with van der Waals surface area (Å²) in [6, 6.07) is 10.3. The number of aryl methyl sites for hydroxylation is 2. The molecule has 7 nitrogen and oxygen atoms in total. The van der Waals surface area contributed by atoms with Crippen molar-refractivity contribution in [2.24, 2.45) is 0 Å². The first-order valence-electron chi connectivity index (χ1n) is 9.74. The fourth-order valence-electron chi connectivity index (χ4n) is 3.19. The van der Waals surface area contributed by atoms with Crippen molar-refractivity contribution >= 4 is 28.7 Å². The quantitative estimate of drug-likeness (QED) is 0.528. The lowest BCUT2D eigenvalue weighted by Crippen LogP contribution is -1.98. The van der Waals surface area contributed by atoms with E-state index in [0.29, 0.717) is 30.3 Å². The topological polar surface area (TPSA) is 71.0 Å². The van der Waals surface area contributed by atoms with E-state index in [1.54, 1.807) is 28.3 Å². The van der Waals surface area contributed by atoms with Crippen molar-refractivity contribution in [1.29, 1.82) is 0 Å². The molecule has 0 spiro atoms. The molecule has 2 aromatic carbocycles. The number of aromatic nitrogens is 1. The van der Waals surface area contributed by atoms with Crippen molar-refractivity contribution in [3.05, 3.63) is 42.1 Å². The molecule has 30 heavy (non-hydrogen) atoms. The molecule has 0 aliphatic carbocycles. The normalized spacial score (nSPS) is 10.1. The Kier molecular flexibility index (Phi) is 8.41. The van der Waals surface area contributed by atoms with Crippen LogP contribution in [0.3, 0.4) is 0 Å². The van der Waals surface area contributed by atoms with Crippen molar-refractivity contribution in [2.45, 2.75) is 27.3 Å². The molecular formula is C23H30N2O5. The molecule has 0 amide bonds. The summed E-state index contributed by atoms with van der Waals surface area (Å²) in [5.41, 5.74) is 4.36. The molecule has 3 rings (SSSR count). The van der Waals surface area contributed by atoms with E-state index in [2.05, 4.69) is 52.9 Å². The number of hydrogen-bond acceptors (Lipinski definition) is 6. The van der Waals surface area contributed by atoms with Gasteiger partial charge in [-0.1, -0.05) is 0 Å². The predicted octanol–water partition coefficient (Wildman–Crippen LogP) is 4.92. The van der Waals surface area contributed by atoms with Gasteiger partial charge < -0.3 is 28.8 Å².